The van der Waals surface area contributed by atoms with Crippen LogP contribution in [0.2, 0.25) is 6.32 Å². The standard InChI is InChI=1S/C14H29B/c15-13-9-4-2-1-3-6-10-14-11-7-5-8-12-14/h14H,1-13,15H2. The van der Waals surface area contributed by atoms with E-state index in [4.69, 9.17) is 0 Å². The molecule has 0 atom stereocenters. The highest BCUT2D eigenvalue weighted by atomic mass is 14.2. The zero-order valence-electron chi connectivity index (χ0n) is 10.8. The van der Waals surface area contributed by atoms with E-state index in [-0.39, 0.29) is 0 Å². The monoisotopic (exact) mass is 208 g/mol. The molecule has 88 valence electrons. The minimum Gasteiger partial charge on any atom is -0.0811 e. The molecule has 1 aliphatic carbocycles. The van der Waals surface area contributed by atoms with Crippen LogP contribution in [0.15, 0.2) is 0 Å². The van der Waals surface area contributed by atoms with Crippen molar-refractivity contribution in [2.75, 3.05) is 0 Å². The van der Waals surface area contributed by atoms with Gasteiger partial charge in [0.05, 0.1) is 0 Å². The highest BCUT2D eigenvalue weighted by Gasteiger charge is 2.12. The van der Waals surface area contributed by atoms with E-state index >= 15 is 0 Å². The van der Waals surface area contributed by atoms with Gasteiger partial charge in [0, 0.05) is 0 Å². The van der Waals surface area contributed by atoms with Gasteiger partial charge in [0.25, 0.3) is 0 Å². The fourth-order valence-corrected chi connectivity index (χ4v) is 2.87. The van der Waals surface area contributed by atoms with Crippen LogP contribution in [0.4, 0.5) is 0 Å². The van der Waals surface area contributed by atoms with E-state index in [9.17, 15) is 0 Å². The summed E-state index contributed by atoms with van der Waals surface area (Å²) in [6, 6.07) is 0. The van der Waals surface area contributed by atoms with E-state index in [0.29, 0.717) is 0 Å². The molecule has 0 N–H and O–H groups in total. The molecular formula is C14H29B. The highest BCUT2D eigenvalue weighted by molar-refractivity contribution is 6.08. The van der Waals surface area contributed by atoms with Crippen molar-refractivity contribution in [3.05, 3.63) is 0 Å². The molecule has 0 aromatic heterocycles. The number of rotatable bonds is 8. The Kier molecular flexibility index (Phi) is 8.14. The molecule has 0 unspecified atom stereocenters. The summed E-state index contributed by atoms with van der Waals surface area (Å²) in [4.78, 5) is 0. The van der Waals surface area contributed by atoms with Crippen molar-refractivity contribution in [2.24, 2.45) is 5.92 Å². The van der Waals surface area contributed by atoms with Crippen molar-refractivity contribution in [2.45, 2.75) is 83.4 Å². The average Bonchev–Trinajstić information content (AvgIpc) is 2.29. The maximum atomic E-state index is 2.29. The smallest absolute Gasteiger partial charge is 0.0811 e. The van der Waals surface area contributed by atoms with Gasteiger partial charge >= 0.3 is 0 Å². The molecule has 1 rings (SSSR count). The summed E-state index contributed by atoms with van der Waals surface area (Å²) in [6.45, 7) is 0. The van der Waals surface area contributed by atoms with Crippen molar-refractivity contribution in [3.8, 4) is 0 Å². The van der Waals surface area contributed by atoms with Gasteiger partial charge in [-0.1, -0.05) is 83.4 Å². The molecule has 0 aliphatic heterocycles. The van der Waals surface area contributed by atoms with Crippen molar-refractivity contribution in [1.82, 2.24) is 0 Å². The van der Waals surface area contributed by atoms with E-state index in [1.807, 2.05) is 0 Å². The molecule has 1 heteroatoms. The Morgan fingerprint density at radius 1 is 0.733 bits per heavy atom. The minimum atomic E-state index is 1.11. The Bertz CT molecular complexity index is 127. The maximum absolute atomic E-state index is 2.29. The lowest BCUT2D eigenvalue weighted by Gasteiger charge is -2.21. The summed E-state index contributed by atoms with van der Waals surface area (Å²) < 4.78 is 0. The predicted octanol–water partition coefficient (Wildman–Crippen LogP) is 4.35. The quantitative estimate of drug-likeness (QED) is 0.411. The van der Waals surface area contributed by atoms with Gasteiger partial charge in [-0.25, -0.2) is 0 Å². The van der Waals surface area contributed by atoms with Gasteiger partial charge in [-0.15, -0.1) is 0 Å². The molecule has 1 aliphatic rings. The molecule has 0 heterocycles. The predicted molar refractivity (Wildman–Crippen MR) is 72.2 cm³/mol. The number of unbranched alkanes of at least 4 members (excludes halogenated alkanes) is 5. The number of hydrogen-bond donors (Lipinski definition) is 0. The zero-order valence-corrected chi connectivity index (χ0v) is 10.8. The van der Waals surface area contributed by atoms with Crippen LogP contribution in [0.1, 0.15) is 77.0 Å². The van der Waals surface area contributed by atoms with Gasteiger partial charge in [-0.2, -0.15) is 0 Å². The molecule has 0 radical (unpaired) electrons. The average molecular weight is 208 g/mol. The maximum Gasteiger partial charge on any atom is 0.101 e. The largest absolute Gasteiger partial charge is 0.101 e. The van der Waals surface area contributed by atoms with E-state index in [1.165, 1.54) is 83.4 Å². The second kappa shape index (κ2) is 9.30. The molecule has 0 spiro atoms. The van der Waals surface area contributed by atoms with E-state index < -0.39 is 0 Å². The van der Waals surface area contributed by atoms with Gasteiger partial charge in [-0.3, -0.25) is 0 Å². The third kappa shape index (κ3) is 7.03. The Hall–Kier alpha value is 0.0649. The van der Waals surface area contributed by atoms with Crippen molar-refractivity contribution < 1.29 is 0 Å². The molecule has 0 bridgehead atoms. The minimum absolute atomic E-state index is 1.11. The molecule has 1 saturated carbocycles. The Balaban J connectivity index is 1.79. The Labute approximate surface area is 97.6 Å². The highest BCUT2D eigenvalue weighted by Crippen LogP contribution is 2.28. The Morgan fingerprint density at radius 3 is 2.00 bits per heavy atom. The lowest BCUT2D eigenvalue weighted by atomic mass is 9.85. The zero-order chi connectivity index (χ0) is 10.8. The van der Waals surface area contributed by atoms with Crippen LogP contribution >= 0.6 is 0 Å². The Morgan fingerprint density at radius 2 is 1.33 bits per heavy atom. The van der Waals surface area contributed by atoms with Crippen LogP contribution < -0.4 is 0 Å². The van der Waals surface area contributed by atoms with Crippen LogP contribution in [0.3, 0.4) is 0 Å². The first-order chi connectivity index (χ1) is 7.43. The molecule has 15 heavy (non-hydrogen) atoms. The fourth-order valence-electron chi connectivity index (χ4n) is 2.87. The molecule has 0 aromatic carbocycles. The summed E-state index contributed by atoms with van der Waals surface area (Å²) >= 11 is 0. The second-order valence-corrected chi connectivity index (χ2v) is 5.41. The van der Waals surface area contributed by atoms with Crippen LogP contribution in [0.25, 0.3) is 0 Å². The first-order valence-electron chi connectivity index (χ1n) is 7.43. The summed E-state index contributed by atoms with van der Waals surface area (Å²) in [6.07, 6.45) is 19.4. The fraction of sp³-hybridized carbons (Fsp3) is 1.00. The summed E-state index contributed by atoms with van der Waals surface area (Å²) in [5.74, 6) is 1.11. The first-order valence-corrected chi connectivity index (χ1v) is 7.43. The summed E-state index contributed by atoms with van der Waals surface area (Å²) in [5, 5.41) is 0. The van der Waals surface area contributed by atoms with Gasteiger partial charge < -0.3 is 0 Å². The number of hydrogen-bond acceptors (Lipinski definition) is 0. The van der Waals surface area contributed by atoms with Gasteiger partial charge in [0.15, 0.2) is 0 Å². The molecule has 0 nitrogen and oxygen atoms in total. The third-order valence-corrected chi connectivity index (χ3v) is 3.94. The molecule has 0 aromatic rings. The SMILES string of the molecule is BCCCCCCCCC1CCCCC1. The summed E-state index contributed by atoms with van der Waals surface area (Å²) in [5.41, 5.74) is 0. The van der Waals surface area contributed by atoms with E-state index in [2.05, 4.69) is 7.85 Å². The van der Waals surface area contributed by atoms with Crippen molar-refractivity contribution in [1.29, 1.82) is 0 Å². The van der Waals surface area contributed by atoms with Crippen LogP contribution in [0.5, 0.6) is 0 Å². The van der Waals surface area contributed by atoms with Crippen LogP contribution in [-0.4, -0.2) is 7.85 Å². The van der Waals surface area contributed by atoms with Gasteiger partial charge in [-0.05, 0) is 5.92 Å². The van der Waals surface area contributed by atoms with E-state index in [0.717, 1.165) is 5.92 Å². The van der Waals surface area contributed by atoms with E-state index in [1.54, 1.807) is 0 Å². The molecule has 1 fully saturated rings. The normalized spacial score (nSPS) is 18.1. The summed E-state index contributed by atoms with van der Waals surface area (Å²) in [7, 11) is 2.29. The topological polar surface area (TPSA) is 0 Å². The molecule has 0 saturated heterocycles. The van der Waals surface area contributed by atoms with Crippen molar-refractivity contribution in [3.63, 3.8) is 0 Å². The lowest BCUT2D eigenvalue weighted by Crippen LogP contribution is -2.05. The van der Waals surface area contributed by atoms with Crippen LogP contribution in [-0.2, 0) is 0 Å². The first kappa shape index (κ1) is 13.1. The van der Waals surface area contributed by atoms with Crippen LogP contribution in [0, 0.1) is 5.92 Å². The van der Waals surface area contributed by atoms with Crippen molar-refractivity contribution >= 4 is 7.85 Å². The second-order valence-electron chi connectivity index (χ2n) is 5.41. The molecular weight excluding hydrogens is 179 g/mol. The lowest BCUT2D eigenvalue weighted by molar-refractivity contribution is 0.328. The van der Waals surface area contributed by atoms with Gasteiger partial charge in [0.1, 0.15) is 7.85 Å². The molecule has 0 amide bonds. The van der Waals surface area contributed by atoms with Gasteiger partial charge in [0.2, 0.25) is 0 Å². The third-order valence-electron chi connectivity index (χ3n) is 3.94.